The monoisotopic (exact) mass is 436 g/mol. The Hall–Kier alpha value is -3.49. The topological polar surface area (TPSA) is 98.7 Å². The maximum atomic E-state index is 13.1. The van der Waals surface area contributed by atoms with E-state index in [0.717, 1.165) is 24.1 Å². The maximum absolute atomic E-state index is 13.1. The number of nitrogens with one attached hydrogen (secondary N) is 1. The Labute approximate surface area is 187 Å². The van der Waals surface area contributed by atoms with Crippen molar-refractivity contribution >= 4 is 23.5 Å². The second kappa shape index (κ2) is 9.76. The van der Waals surface area contributed by atoms with Crippen LogP contribution in [0.25, 0.3) is 0 Å². The number of carbonyl (C=O) groups is 3. The molecule has 3 heterocycles. The molecule has 1 atom stereocenters. The van der Waals surface area contributed by atoms with Crippen LogP contribution in [0.3, 0.4) is 0 Å². The number of carbonyl (C=O) groups excluding carboxylic acids is 3. The van der Waals surface area contributed by atoms with E-state index in [1.165, 1.54) is 18.6 Å². The van der Waals surface area contributed by atoms with Gasteiger partial charge in [0, 0.05) is 57.3 Å². The van der Waals surface area contributed by atoms with E-state index in [1.807, 2.05) is 36.1 Å². The molecular formula is C23H28N6O3. The summed E-state index contributed by atoms with van der Waals surface area (Å²) < 4.78 is 0. The van der Waals surface area contributed by atoms with E-state index in [2.05, 4.69) is 15.3 Å². The number of piperidine rings is 1. The molecule has 0 aliphatic carbocycles. The number of likely N-dealkylation sites (tertiary alicyclic amines) is 1. The molecule has 4 amide bonds. The van der Waals surface area contributed by atoms with Gasteiger partial charge in [-0.3, -0.25) is 14.6 Å². The third-order valence-electron chi connectivity index (χ3n) is 5.99. The van der Waals surface area contributed by atoms with Crippen molar-refractivity contribution < 1.29 is 14.4 Å². The largest absolute Gasteiger partial charge is 0.339 e. The molecule has 1 aromatic heterocycles. The van der Waals surface area contributed by atoms with Crippen molar-refractivity contribution in [3.63, 3.8) is 0 Å². The van der Waals surface area contributed by atoms with Crippen molar-refractivity contribution in [1.82, 2.24) is 24.7 Å². The van der Waals surface area contributed by atoms with Crippen LogP contribution in [-0.2, 0) is 4.79 Å². The van der Waals surface area contributed by atoms with Crippen LogP contribution in [0.15, 0.2) is 42.9 Å². The van der Waals surface area contributed by atoms with Crippen molar-refractivity contribution in [2.45, 2.75) is 19.8 Å². The fraction of sp³-hybridized carbons (Fsp3) is 0.435. The Morgan fingerprint density at radius 1 is 1.00 bits per heavy atom. The molecule has 1 N–H and O–H groups in total. The third kappa shape index (κ3) is 5.04. The molecule has 4 rings (SSSR count). The normalized spacial score (nSPS) is 18.9. The van der Waals surface area contributed by atoms with Gasteiger partial charge in [0.15, 0.2) is 0 Å². The van der Waals surface area contributed by atoms with Gasteiger partial charge in [0.25, 0.3) is 5.91 Å². The summed E-state index contributed by atoms with van der Waals surface area (Å²) in [6.45, 7) is 4.92. The van der Waals surface area contributed by atoms with Gasteiger partial charge in [-0.1, -0.05) is 12.1 Å². The van der Waals surface area contributed by atoms with E-state index in [4.69, 9.17) is 0 Å². The Morgan fingerprint density at radius 3 is 2.50 bits per heavy atom. The number of nitrogens with zero attached hydrogens (tertiary/aromatic N) is 5. The summed E-state index contributed by atoms with van der Waals surface area (Å²) in [5.41, 5.74) is 2.15. The van der Waals surface area contributed by atoms with Crippen LogP contribution in [0.1, 0.15) is 28.9 Å². The van der Waals surface area contributed by atoms with E-state index >= 15 is 0 Å². The molecular weight excluding hydrogens is 408 g/mol. The maximum Gasteiger partial charge on any atom is 0.321 e. The molecule has 2 aliphatic rings. The number of hydrogen-bond acceptors (Lipinski definition) is 5. The molecule has 1 unspecified atom stereocenters. The second-order valence-corrected chi connectivity index (χ2v) is 8.29. The van der Waals surface area contributed by atoms with Gasteiger partial charge < -0.3 is 20.0 Å². The Balaban J connectivity index is 1.30. The highest BCUT2D eigenvalue weighted by Gasteiger charge is 2.33. The average molecular weight is 437 g/mol. The minimum absolute atomic E-state index is 0.0599. The molecule has 0 spiro atoms. The molecule has 2 fully saturated rings. The number of anilines is 1. The lowest BCUT2D eigenvalue weighted by atomic mass is 9.96. The van der Waals surface area contributed by atoms with Crippen molar-refractivity contribution in [3.8, 4) is 0 Å². The number of hydrogen-bond donors (Lipinski definition) is 1. The van der Waals surface area contributed by atoms with Crippen molar-refractivity contribution in [2.24, 2.45) is 5.92 Å². The average Bonchev–Trinajstić information content (AvgIpc) is 2.84. The highest BCUT2D eigenvalue weighted by Crippen LogP contribution is 2.21. The number of aryl methyl sites for hydroxylation is 1. The van der Waals surface area contributed by atoms with Gasteiger partial charge in [-0.05, 0) is 37.5 Å². The predicted octanol–water partition coefficient (Wildman–Crippen LogP) is 2.01. The van der Waals surface area contributed by atoms with E-state index in [9.17, 15) is 14.4 Å². The molecule has 1 aromatic carbocycles. The van der Waals surface area contributed by atoms with Gasteiger partial charge in [-0.15, -0.1) is 0 Å². The molecule has 9 nitrogen and oxygen atoms in total. The number of urea groups is 1. The van der Waals surface area contributed by atoms with Crippen LogP contribution in [0.4, 0.5) is 10.5 Å². The SMILES string of the molecule is Cc1cccc(NC(=O)N2CCCC(C(=O)N3CCN(C(=O)c4cnccn4)CC3)C2)c1. The van der Waals surface area contributed by atoms with Crippen LogP contribution < -0.4 is 5.32 Å². The number of piperazine rings is 1. The smallest absolute Gasteiger partial charge is 0.321 e. The van der Waals surface area contributed by atoms with Gasteiger partial charge >= 0.3 is 6.03 Å². The summed E-state index contributed by atoms with van der Waals surface area (Å²) >= 11 is 0. The summed E-state index contributed by atoms with van der Waals surface area (Å²) in [5.74, 6) is -0.319. The molecule has 9 heteroatoms. The molecule has 168 valence electrons. The Morgan fingerprint density at radius 2 is 1.78 bits per heavy atom. The fourth-order valence-corrected chi connectivity index (χ4v) is 4.25. The van der Waals surface area contributed by atoms with Gasteiger partial charge in [0.2, 0.25) is 5.91 Å². The molecule has 0 saturated carbocycles. The lowest BCUT2D eigenvalue weighted by molar-refractivity contribution is -0.138. The summed E-state index contributed by atoms with van der Waals surface area (Å²) in [6.07, 6.45) is 6.05. The lowest BCUT2D eigenvalue weighted by Gasteiger charge is -2.38. The van der Waals surface area contributed by atoms with Gasteiger partial charge in [0.05, 0.1) is 12.1 Å². The Kier molecular flexibility index (Phi) is 6.63. The van der Waals surface area contributed by atoms with Crippen LogP contribution >= 0.6 is 0 Å². The molecule has 2 aliphatic heterocycles. The van der Waals surface area contributed by atoms with Gasteiger partial charge in [-0.2, -0.15) is 0 Å². The zero-order chi connectivity index (χ0) is 22.5. The summed E-state index contributed by atoms with van der Waals surface area (Å²) in [7, 11) is 0. The minimum Gasteiger partial charge on any atom is -0.339 e. The van der Waals surface area contributed by atoms with Gasteiger partial charge in [-0.25, -0.2) is 9.78 Å². The van der Waals surface area contributed by atoms with Crippen molar-refractivity contribution in [3.05, 3.63) is 54.1 Å². The van der Waals surface area contributed by atoms with Crippen LogP contribution in [-0.4, -0.2) is 81.8 Å². The number of aromatic nitrogens is 2. The quantitative estimate of drug-likeness (QED) is 0.794. The van der Waals surface area contributed by atoms with E-state index in [0.29, 0.717) is 45.0 Å². The zero-order valence-corrected chi connectivity index (χ0v) is 18.2. The minimum atomic E-state index is -0.214. The van der Waals surface area contributed by atoms with Gasteiger partial charge in [0.1, 0.15) is 5.69 Å². The molecule has 0 radical (unpaired) electrons. The van der Waals surface area contributed by atoms with Crippen LogP contribution in [0.2, 0.25) is 0 Å². The van der Waals surface area contributed by atoms with Crippen LogP contribution in [0, 0.1) is 12.8 Å². The van der Waals surface area contributed by atoms with E-state index in [1.54, 1.807) is 9.80 Å². The number of rotatable bonds is 3. The lowest BCUT2D eigenvalue weighted by Crippen LogP contribution is -2.54. The highest BCUT2D eigenvalue weighted by molar-refractivity contribution is 5.92. The molecule has 32 heavy (non-hydrogen) atoms. The molecule has 0 bridgehead atoms. The standard InChI is InChI=1S/C23H28N6O3/c1-17-4-2-6-19(14-17)26-23(32)29-9-3-5-18(16-29)21(30)27-10-12-28(13-11-27)22(31)20-15-24-7-8-25-20/h2,4,6-8,14-15,18H,3,5,9-13,16H2,1H3,(H,26,32). The Bertz CT molecular complexity index is 975. The summed E-state index contributed by atoms with van der Waals surface area (Å²) in [4.78, 5) is 51.6. The number of benzene rings is 1. The number of amides is 4. The first-order valence-corrected chi connectivity index (χ1v) is 11.0. The first-order chi connectivity index (χ1) is 15.5. The first kappa shape index (κ1) is 21.7. The summed E-state index contributed by atoms with van der Waals surface area (Å²) in [6, 6.07) is 7.49. The molecule has 2 saturated heterocycles. The third-order valence-corrected chi connectivity index (χ3v) is 5.99. The van der Waals surface area contributed by atoms with Crippen LogP contribution in [0.5, 0.6) is 0 Å². The molecule has 2 aromatic rings. The van der Waals surface area contributed by atoms with Crippen molar-refractivity contribution in [1.29, 1.82) is 0 Å². The van der Waals surface area contributed by atoms with E-state index in [-0.39, 0.29) is 23.8 Å². The van der Waals surface area contributed by atoms with E-state index < -0.39 is 0 Å². The van der Waals surface area contributed by atoms with Crippen molar-refractivity contribution in [2.75, 3.05) is 44.6 Å². The predicted molar refractivity (Wildman–Crippen MR) is 119 cm³/mol. The fourth-order valence-electron chi connectivity index (χ4n) is 4.25. The zero-order valence-electron chi connectivity index (χ0n) is 18.2. The highest BCUT2D eigenvalue weighted by atomic mass is 16.2. The second-order valence-electron chi connectivity index (χ2n) is 8.29. The summed E-state index contributed by atoms with van der Waals surface area (Å²) in [5, 5.41) is 2.93. The first-order valence-electron chi connectivity index (χ1n) is 11.0.